The molecule has 1 aliphatic carbocycles. The van der Waals surface area contributed by atoms with Crippen molar-refractivity contribution in [1.82, 2.24) is 0 Å². The Hall–Kier alpha value is -1.70. The van der Waals surface area contributed by atoms with Gasteiger partial charge in [-0.15, -0.1) is 0 Å². The van der Waals surface area contributed by atoms with Crippen molar-refractivity contribution in [2.75, 3.05) is 0 Å². The molecule has 2 rings (SSSR count). The maximum absolute atomic E-state index is 4.41. The van der Waals surface area contributed by atoms with Gasteiger partial charge in [0, 0.05) is 0 Å². The maximum Gasteiger partial charge on any atom is 0.101 e. The number of hydrogen-bond acceptors (Lipinski definition) is 2. The minimum Gasteiger partial charge on any atom is -0.178 e. The Bertz CT molecular complexity index is 443. The molecule has 0 radical (unpaired) electrons. The van der Waals surface area contributed by atoms with Crippen LogP contribution >= 0.6 is 0 Å². The monoisotopic (exact) mass is 212 g/mol. The molecule has 1 unspecified atom stereocenters. The van der Waals surface area contributed by atoms with E-state index in [0.29, 0.717) is 0 Å². The molecule has 0 spiro atoms. The molecule has 16 heavy (non-hydrogen) atoms. The van der Waals surface area contributed by atoms with Gasteiger partial charge in [0.1, 0.15) is 5.54 Å². The van der Waals surface area contributed by atoms with Crippen molar-refractivity contribution in [3.63, 3.8) is 0 Å². The van der Waals surface area contributed by atoms with Crippen molar-refractivity contribution in [1.29, 1.82) is 0 Å². The highest BCUT2D eigenvalue weighted by Crippen LogP contribution is 2.26. The summed E-state index contributed by atoms with van der Waals surface area (Å²) in [5.41, 5.74) is 2.02. The van der Waals surface area contributed by atoms with Crippen molar-refractivity contribution in [2.24, 2.45) is 10.2 Å². The molecular weight excluding hydrogens is 196 g/mol. The molecule has 0 N–H and O–H groups in total. The third kappa shape index (κ3) is 2.66. The van der Waals surface area contributed by atoms with E-state index >= 15 is 0 Å². The molecule has 2 nitrogen and oxygen atoms in total. The second kappa shape index (κ2) is 4.44. The first-order valence-electron chi connectivity index (χ1n) is 5.52. The van der Waals surface area contributed by atoms with Gasteiger partial charge in [-0.1, -0.05) is 42.0 Å². The largest absolute Gasteiger partial charge is 0.178 e. The molecule has 0 heterocycles. The zero-order chi connectivity index (χ0) is 11.4. The predicted molar refractivity (Wildman–Crippen MR) is 66.9 cm³/mol. The summed E-state index contributed by atoms with van der Waals surface area (Å²) in [5.74, 6) is 0. The standard InChI is InChI=1S/C14H16N2/c1-12-8-10-14(2,11-9-12)16-15-13-6-4-3-5-7-13/h3-10H,11H2,1-2H3. The van der Waals surface area contributed by atoms with Crippen LogP contribution in [0.3, 0.4) is 0 Å². The summed E-state index contributed by atoms with van der Waals surface area (Å²) in [7, 11) is 0. The highest BCUT2D eigenvalue weighted by atomic mass is 15.1. The van der Waals surface area contributed by atoms with Gasteiger partial charge in [0.25, 0.3) is 0 Å². The van der Waals surface area contributed by atoms with Gasteiger partial charge in [-0.2, -0.15) is 10.2 Å². The molecular formula is C14H16N2. The SMILES string of the molecule is CC1=CCC(C)(N=Nc2ccccc2)C=C1. The first kappa shape index (κ1) is 10.8. The van der Waals surface area contributed by atoms with Crippen LogP contribution < -0.4 is 0 Å². The van der Waals surface area contributed by atoms with E-state index in [1.54, 1.807) is 0 Å². The summed E-state index contributed by atoms with van der Waals surface area (Å²) in [6.45, 7) is 4.20. The van der Waals surface area contributed by atoms with E-state index in [1.165, 1.54) is 5.57 Å². The summed E-state index contributed by atoms with van der Waals surface area (Å²) in [4.78, 5) is 0. The second-order valence-electron chi connectivity index (χ2n) is 4.38. The lowest BCUT2D eigenvalue weighted by atomic mass is 9.92. The van der Waals surface area contributed by atoms with Gasteiger partial charge in [-0.3, -0.25) is 0 Å². The zero-order valence-electron chi connectivity index (χ0n) is 9.72. The van der Waals surface area contributed by atoms with Crippen molar-refractivity contribution in [2.45, 2.75) is 25.8 Å². The fraction of sp³-hybridized carbons (Fsp3) is 0.286. The molecule has 0 bridgehead atoms. The highest BCUT2D eigenvalue weighted by Gasteiger charge is 2.20. The average molecular weight is 212 g/mol. The Labute approximate surface area is 96.4 Å². The molecule has 1 aliphatic rings. The third-order valence-corrected chi connectivity index (χ3v) is 2.69. The first-order chi connectivity index (χ1) is 7.68. The topological polar surface area (TPSA) is 24.7 Å². The van der Waals surface area contributed by atoms with Gasteiger partial charge in [0.05, 0.1) is 5.69 Å². The molecule has 2 heteroatoms. The van der Waals surface area contributed by atoms with E-state index in [9.17, 15) is 0 Å². The van der Waals surface area contributed by atoms with Gasteiger partial charge in [-0.05, 0) is 32.4 Å². The molecule has 0 saturated carbocycles. The van der Waals surface area contributed by atoms with E-state index in [0.717, 1.165) is 12.1 Å². The third-order valence-electron chi connectivity index (χ3n) is 2.69. The van der Waals surface area contributed by atoms with Gasteiger partial charge in [0.2, 0.25) is 0 Å². The number of nitrogens with zero attached hydrogens (tertiary/aromatic N) is 2. The lowest BCUT2D eigenvalue weighted by molar-refractivity contribution is 0.560. The van der Waals surface area contributed by atoms with Crippen molar-refractivity contribution < 1.29 is 0 Å². The second-order valence-corrected chi connectivity index (χ2v) is 4.38. The smallest absolute Gasteiger partial charge is 0.101 e. The highest BCUT2D eigenvalue weighted by molar-refractivity contribution is 5.35. The van der Waals surface area contributed by atoms with E-state index in [-0.39, 0.29) is 5.54 Å². The average Bonchev–Trinajstić information content (AvgIpc) is 2.33. The van der Waals surface area contributed by atoms with Crippen LogP contribution in [0.25, 0.3) is 0 Å². The Kier molecular flexibility index (Phi) is 3.00. The number of azo groups is 1. The van der Waals surface area contributed by atoms with E-state index < -0.39 is 0 Å². The van der Waals surface area contributed by atoms with Crippen molar-refractivity contribution in [3.05, 3.63) is 54.1 Å². The number of benzene rings is 1. The molecule has 0 saturated heterocycles. The summed E-state index contributed by atoms with van der Waals surface area (Å²) in [5, 5.41) is 8.68. The van der Waals surface area contributed by atoms with Gasteiger partial charge in [0.15, 0.2) is 0 Å². The predicted octanol–water partition coefficient (Wildman–Crippen LogP) is 4.44. The Balaban J connectivity index is 2.11. The normalized spacial score (nSPS) is 24.8. The number of rotatable bonds is 2. The lowest BCUT2D eigenvalue weighted by Crippen LogP contribution is -2.18. The minimum absolute atomic E-state index is 0.185. The molecule has 82 valence electrons. The minimum atomic E-state index is -0.185. The summed E-state index contributed by atoms with van der Waals surface area (Å²) < 4.78 is 0. The molecule has 0 aromatic heterocycles. The Morgan fingerprint density at radius 2 is 1.94 bits per heavy atom. The van der Waals surface area contributed by atoms with Crippen LogP contribution in [-0.2, 0) is 0 Å². The van der Waals surface area contributed by atoms with Crippen molar-refractivity contribution in [3.8, 4) is 0 Å². The van der Waals surface area contributed by atoms with Crippen LogP contribution in [0.15, 0.2) is 64.4 Å². The zero-order valence-corrected chi connectivity index (χ0v) is 9.72. The van der Waals surface area contributed by atoms with Crippen LogP contribution in [0.2, 0.25) is 0 Å². The summed E-state index contributed by atoms with van der Waals surface area (Å²) in [6, 6.07) is 9.84. The van der Waals surface area contributed by atoms with Crippen LogP contribution in [0.5, 0.6) is 0 Å². The van der Waals surface area contributed by atoms with E-state index in [2.05, 4.69) is 42.3 Å². The summed E-state index contributed by atoms with van der Waals surface area (Å²) in [6.07, 6.45) is 7.35. The van der Waals surface area contributed by atoms with Crippen molar-refractivity contribution >= 4 is 5.69 Å². The Morgan fingerprint density at radius 1 is 1.19 bits per heavy atom. The Morgan fingerprint density at radius 3 is 2.56 bits per heavy atom. The quantitative estimate of drug-likeness (QED) is 0.648. The fourth-order valence-electron chi connectivity index (χ4n) is 1.56. The molecule has 0 aliphatic heterocycles. The molecule has 0 fully saturated rings. The van der Waals surface area contributed by atoms with E-state index in [1.807, 2.05) is 30.3 Å². The number of hydrogen-bond donors (Lipinski definition) is 0. The first-order valence-corrected chi connectivity index (χ1v) is 5.52. The van der Waals surface area contributed by atoms with Crippen LogP contribution in [0.4, 0.5) is 5.69 Å². The maximum atomic E-state index is 4.41. The molecule has 0 amide bonds. The molecule has 1 atom stereocenters. The number of allylic oxidation sites excluding steroid dienone is 2. The lowest BCUT2D eigenvalue weighted by Gasteiger charge is -2.21. The van der Waals surface area contributed by atoms with Gasteiger partial charge < -0.3 is 0 Å². The molecule has 1 aromatic carbocycles. The van der Waals surface area contributed by atoms with Crippen LogP contribution in [0, 0.1) is 0 Å². The summed E-state index contributed by atoms with van der Waals surface area (Å²) >= 11 is 0. The van der Waals surface area contributed by atoms with Crippen LogP contribution in [-0.4, -0.2) is 5.54 Å². The van der Waals surface area contributed by atoms with Gasteiger partial charge >= 0.3 is 0 Å². The van der Waals surface area contributed by atoms with E-state index in [4.69, 9.17) is 0 Å². The molecule has 1 aromatic rings. The fourth-order valence-corrected chi connectivity index (χ4v) is 1.56. The van der Waals surface area contributed by atoms with Crippen LogP contribution in [0.1, 0.15) is 20.3 Å². The van der Waals surface area contributed by atoms with Gasteiger partial charge in [-0.25, -0.2) is 0 Å².